The molecule has 4 rings (SSSR count). The number of fused-ring (bicyclic) bond motifs is 1. The molecule has 0 aliphatic carbocycles. The van der Waals surface area contributed by atoms with Gasteiger partial charge in [0.2, 0.25) is 0 Å². The molecule has 1 N–H and O–H groups in total. The summed E-state index contributed by atoms with van der Waals surface area (Å²) in [4.78, 5) is 32.4. The van der Waals surface area contributed by atoms with Crippen molar-refractivity contribution in [1.82, 2.24) is 10.3 Å². The highest BCUT2D eigenvalue weighted by atomic mass is 79.9. The van der Waals surface area contributed by atoms with Crippen molar-refractivity contribution in [1.29, 1.82) is 0 Å². The first-order valence-corrected chi connectivity index (χ1v) is 16.7. The first-order valence-electron chi connectivity index (χ1n) is 16.0. The first-order chi connectivity index (χ1) is 23.5. The average molecular weight is 747 g/mol. The van der Waals surface area contributed by atoms with Gasteiger partial charge in [0.25, 0.3) is 5.91 Å². The number of piperidine rings is 1. The summed E-state index contributed by atoms with van der Waals surface area (Å²) in [5.74, 6) is -2.62. The van der Waals surface area contributed by atoms with Crippen molar-refractivity contribution < 1.29 is 27.5 Å². The number of pyridine rings is 1. The molecule has 3 aromatic rings. The van der Waals surface area contributed by atoms with Crippen LogP contribution in [0.2, 0.25) is 15.6 Å². The van der Waals surface area contributed by atoms with E-state index in [1.54, 1.807) is 39.0 Å². The molecule has 0 spiro atoms. The number of hydrogen-bond acceptors (Lipinski definition) is 5. The number of hydrogen-bond donors (Lipinski definition) is 1. The number of rotatable bonds is 8. The predicted molar refractivity (Wildman–Crippen MR) is 209 cm³/mol. The third-order valence-electron chi connectivity index (χ3n) is 9.37. The summed E-state index contributed by atoms with van der Waals surface area (Å²) in [7, 11) is 63.9. The molecule has 2 aromatic carbocycles. The molecule has 1 amide bonds. The lowest BCUT2D eigenvalue weighted by atomic mass is 9.05. The second-order valence-electron chi connectivity index (χ2n) is 14.3. The third-order valence-corrected chi connectivity index (χ3v) is 9.86. The molecule has 0 bridgehead atoms. The minimum atomic E-state index is -4.72. The van der Waals surface area contributed by atoms with Crippen molar-refractivity contribution in [3.05, 3.63) is 69.2 Å². The number of halogens is 4. The number of aromatic nitrogens is 1. The van der Waals surface area contributed by atoms with Gasteiger partial charge in [-0.2, -0.15) is 13.2 Å². The van der Waals surface area contributed by atoms with E-state index in [-0.39, 0.29) is 52.8 Å². The van der Waals surface area contributed by atoms with Gasteiger partial charge in [-0.3, -0.25) is 9.59 Å². The Bertz CT molecular complexity index is 1860. The van der Waals surface area contributed by atoms with Crippen LogP contribution in [0.3, 0.4) is 0 Å². The molecule has 6 nitrogen and oxygen atoms in total. The van der Waals surface area contributed by atoms with Crippen LogP contribution < -0.4 is 10.2 Å². The van der Waals surface area contributed by atoms with Gasteiger partial charge in [0.1, 0.15) is 11.4 Å². The summed E-state index contributed by atoms with van der Waals surface area (Å²) >= 11 is 3.39. The summed E-state index contributed by atoms with van der Waals surface area (Å²) in [6.45, 7) is 6.12. The largest absolute Gasteiger partial charge is 0.460 e. The molecule has 1 saturated heterocycles. The molecule has 2 heterocycles. The van der Waals surface area contributed by atoms with Crippen molar-refractivity contribution >= 4 is 123 Å². The van der Waals surface area contributed by atoms with E-state index in [1.807, 2.05) is 0 Å². The normalized spacial score (nSPS) is 19.4. The molecule has 1 unspecified atom stereocenters. The van der Waals surface area contributed by atoms with Crippen LogP contribution in [-0.2, 0) is 15.7 Å². The molecule has 20 radical (unpaired) electrons. The Labute approximate surface area is 324 Å². The number of esters is 1. The molecular weight excluding hydrogens is 719 g/mol. The lowest BCUT2D eigenvalue weighted by Crippen LogP contribution is -2.81. The second kappa shape index (κ2) is 14.0. The van der Waals surface area contributed by atoms with Gasteiger partial charge in [0.15, 0.2) is 0 Å². The van der Waals surface area contributed by atoms with Gasteiger partial charge in [0, 0.05) is 34.3 Å². The van der Waals surface area contributed by atoms with E-state index in [4.69, 9.17) is 83.2 Å². The molecule has 20 heteroatoms. The Balaban J connectivity index is 1.85. The van der Waals surface area contributed by atoms with Gasteiger partial charge in [-0.1, -0.05) is 34.1 Å². The predicted octanol–water partition coefficient (Wildman–Crippen LogP) is 3.12. The summed E-state index contributed by atoms with van der Waals surface area (Å²) < 4.78 is 48.5. The fourth-order valence-electron chi connectivity index (χ4n) is 6.33. The molecule has 0 saturated carbocycles. The number of carbonyl (C=O) groups excluding carboxylic acids is 2. The first kappa shape index (κ1) is 42.3. The van der Waals surface area contributed by atoms with Crippen LogP contribution in [0.15, 0.2) is 46.9 Å². The average Bonchev–Trinajstić information content (AvgIpc) is 2.99. The number of ether oxygens (including phenoxy) is 1. The van der Waals surface area contributed by atoms with Crippen LogP contribution in [0.5, 0.6) is 0 Å². The highest BCUT2D eigenvalue weighted by Gasteiger charge is 2.64. The van der Waals surface area contributed by atoms with Crippen LogP contribution in [0.25, 0.3) is 10.9 Å². The zero-order chi connectivity index (χ0) is 39.6. The number of nitrogens with zero attached hydrogens (tertiary/aromatic N) is 2. The van der Waals surface area contributed by atoms with E-state index in [1.165, 1.54) is 25.1 Å². The monoisotopic (exact) mass is 747 g/mol. The van der Waals surface area contributed by atoms with Crippen LogP contribution in [-0.4, -0.2) is 118 Å². The zero-order valence-electron chi connectivity index (χ0n) is 29.1. The maximum Gasteiger partial charge on any atom is 0.416 e. The van der Waals surface area contributed by atoms with Gasteiger partial charge in [-0.05, 0) is 74.6 Å². The number of amides is 1. The van der Waals surface area contributed by atoms with E-state index in [0.717, 1.165) is 11.0 Å². The standard InChI is InChI=1S/C32H27B10BrF3N3O3/c1-15-23(25(51)47-14-16(9-12-22(50)52-26(2,3)4)18-7-5-6-8-20(18)27(44,45)46)19-13-17(43)10-11-21(19)48-24(15)49-31(39,40)29(35,36)28(33,34)30(37,38)32(49,41)42/h5-8,10-11,13,16H,9,12,14H2,1-4H3,(H,47,51). The summed E-state index contributed by atoms with van der Waals surface area (Å²) in [5.41, 5.74) is -1.68. The van der Waals surface area contributed by atoms with Crippen LogP contribution in [0.4, 0.5) is 19.0 Å². The lowest BCUT2D eigenvalue weighted by Gasteiger charge is -2.79. The minimum Gasteiger partial charge on any atom is -0.460 e. The van der Waals surface area contributed by atoms with E-state index >= 15 is 0 Å². The Kier molecular flexibility index (Phi) is 11.4. The number of carbonyl (C=O) groups is 2. The maximum absolute atomic E-state index is 14.3. The second-order valence-corrected chi connectivity index (χ2v) is 15.2. The van der Waals surface area contributed by atoms with Crippen molar-refractivity contribution in [2.24, 2.45) is 0 Å². The summed E-state index contributed by atoms with van der Waals surface area (Å²) in [5, 5.41) is -9.60. The van der Waals surface area contributed by atoms with Gasteiger partial charge in [-0.15, -0.1) is 15.6 Å². The van der Waals surface area contributed by atoms with E-state index in [9.17, 15) is 22.8 Å². The number of benzene rings is 2. The molecule has 1 aliphatic heterocycles. The summed E-state index contributed by atoms with van der Waals surface area (Å²) in [6.07, 6.45) is -5.06. The molecule has 1 aliphatic rings. The van der Waals surface area contributed by atoms with Crippen LogP contribution in [0.1, 0.15) is 66.6 Å². The van der Waals surface area contributed by atoms with Crippen molar-refractivity contribution in [3.8, 4) is 0 Å². The Morgan fingerprint density at radius 2 is 1.46 bits per heavy atom. The van der Waals surface area contributed by atoms with Crippen molar-refractivity contribution in [3.63, 3.8) is 0 Å². The SMILES string of the molecule is [B]C1([B])N(c2nc3ccc(Br)cc3c(C(=O)NCC(CCC(=O)OC(C)(C)C)c3ccccc3C(F)(F)F)c2C)C([B])([B])C([B])([B])C([B])([B])C1([B])[B]. The smallest absolute Gasteiger partial charge is 0.416 e. The Morgan fingerprint density at radius 3 is 2.00 bits per heavy atom. The highest BCUT2D eigenvalue weighted by molar-refractivity contribution is 9.10. The Morgan fingerprint density at radius 1 is 0.904 bits per heavy atom. The maximum atomic E-state index is 14.3. The van der Waals surface area contributed by atoms with Crippen molar-refractivity contribution in [2.75, 3.05) is 11.4 Å². The number of nitrogens with one attached hydrogen (secondary N) is 1. The zero-order valence-corrected chi connectivity index (χ0v) is 30.7. The van der Waals surface area contributed by atoms with E-state index < -0.39 is 61.5 Å². The summed E-state index contributed by atoms with van der Waals surface area (Å²) in [6, 6.07) is 9.68. The topological polar surface area (TPSA) is 71.5 Å². The molecule has 1 fully saturated rings. The van der Waals surface area contributed by atoms with E-state index in [0.29, 0.717) is 4.47 Å². The van der Waals surface area contributed by atoms with E-state index in [2.05, 4.69) is 26.2 Å². The molecule has 1 aromatic heterocycles. The fourth-order valence-corrected chi connectivity index (χ4v) is 6.69. The van der Waals surface area contributed by atoms with Gasteiger partial charge in [-0.25, -0.2) is 4.98 Å². The number of alkyl halides is 3. The quantitative estimate of drug-likeness (QED) is 0.284. The third kappa shape index (κ3) is 7.32. The van der Waals surface area contributed by atoms with Gasteiger partial charge < -0.3 is 15.0 Å². The van der Waals surface area contributed by atoms with Gasteiger partial charge in [0.05, 0.1) is 95.1 Å². The molecule has 246 valence electrons. The molecular formula is C32H27B10BrF3N3O3. The highest BCUT2D eigenvalue weighted by Crippen LogP contribution is 2.69. The molecule has 1 atom stereocenters. The van der Waals surface area contributed by atoms with Crippen LogP contribution in [0, 0.1) is 6.92 Å². The molecule has 52 heavy (non-hydrogen) atoms. The van der Waals surface area contributed by atoms with Crippen LogP contribution >= 0.6 is 15.9 Å². The fraction of sp³-hybridized carbons (Fsp3) is 0.469. The Hall–Kier alpha value is -2.49. The van der Waals surface area contributed by atoms with Gasteiger partial charge >= 0.3 is 12.1 Å². The lowest BCUT2D eigenvalue weighted by molar-refractivity contribution is -0.155. The minimum absolute atomic E-state index is 0.0421. The number of anilines is 1. The van der Waals surface area contributed by atoms with Crippen molar-refractivity contribution in [2.45, 2.75) is 84.5 Å².